The lowest BCUT2D eigenvalue weighted by Crippen LogP contribution is -2.00. The molecule has 0 bridgehead atoms. The molecule has 0 N–H and O–H groups in total. The van der Waals surface area contributed by atoms with Gasteiger partial charge in [0.1, 0.15) is 0 Å². The molecule has 2 heterocycles. The van der Waals surface area contributed by atoms with E-state index in [4.69, 9.17) is 15.0 Å². The molecule has 0 amide bonds. The van der Waals surface area contributed by atoms with Gasteiger partial charge in [0.2, 0.25) is 0 Å². The Morgan fingerprint density at radius 3 is 1.61 bits per heavy atom. The van der Waals surface area contributed by atoms with Crippen LogP contribution < -0.4 is 0 Å². The summed E-state index contributed by atoms with van der Waals surface area (Å²) in [6.45, 7) is 0. The Morgan fingerprint density at radius 1 is 0.314 bits per heavy atom. The summed E-state index contributed by atoms with van der Waals surface area (Å²) < 4.78 is 2.41. The van der Waals surface area contributed by atoms with Crippen LogP contribution in [0.15, 0.2) is 170 Å². The van der Waals surface area contributed by atoms with Crippen LogP contribution in [0.1, 0.15) is 0 Å². The molecule has 1 aliphatic rings. The van der Waals surface area contributed by atoms with E-state index < -0.39 is 0 Å². The second-order valence-corrected chi connectivity index (χ2v) is 13.2. The molecule has 4 nitrogen and oxygen atoms in total. The van der Waals surface area contributed by atoms with Gasteiger partial charge in [-0.2, -0.15) is 0 Å². The third-order valence-electron chi connectivity index (χ3n) is 10.4. The first kappa shape index (κ1) is 28.0. The van der Waals surface area contributed by atoms with Crippen LogP contribution in [0, 0.1) is 0 Å². The molecule has 2 aromatic heterocycles. The molecular formula is C47H28N4. The lowest BCUT2D eigenvalue weighted by atomic mass is 9.93. The summed E-state index contributed by atoms with van der Waals surface area (Å²) in [6.07, 6.45) is 0. The molecule has 11 rings (SSSR count). The highest BCUT2D eigenvalue weighted by Gasteiger charge is 2.24. The maximum atomic E-state index is 5.05. The van der Waals surface area contributed by atoms with E-state index in [0.717, 1.165) is 27.8 Å². The zero-order chi connectivity index (χ0) is 33.5. The maximum absolute atomic E-state index is 5.05. The van der Waals surface area contributed by atoms with Crippen LogP contribution in [-0.2, 0) is 0 Å². The van der Waals surface area contributed by atoms with Gasteiger partial charge >= 0.3 is 0 Å². The zero-order valence-electron chi connectivity index (χ0n) is 27.5. The molecule has 0 fully saturated rings. The van der Waals surface area contributed by atoms with Crippen molar-refractivity contribution < 1.29 is 0 Å². The van der Waals surface area contributed by atoms with Crippen molar-refractivity contribution in [3.8, 4) is 62.1 Å². The van der Waals surface area contributed by atoms with Gasteiger partial charge < -0.3 is 4.57 Å². The molecule has 0 aliphatic heterocycles. The van der Waals surface area contributed by atoms with Crippen molar-refractivity contribution in [2.45, 2.75) is 0 Å². The number of nitrogens with zero attached hydrogens (tertiary/aromatic N) is 4. The van der Waals surface area contributed by atoms with E-state index in [1.54, 1.807) is 0 Å². The lowest BCUT2D eigenvalue weighted by Gasteiger charge is -2.14. The summed E-state index contributed by atoms with van der Waals surface area (Å²) in [5.41, 5.74) is 11.4. The monoisotopic (exact) mass is 648 g/mol. The predicted molar refractivity (Wildman–Crippen MR) is 210 cm³/mol. The Hall–Kier alpha value is -6.91. The quantitative estimate of drug-likeness (QED) is 0.191. The van der Waals surface area contributed by atoms with Crippen molar-refractivity contribution in [1.82, 2.24) is 19.5 Å². The second-order valence-electron chi connectivity index (χ2n) is 13.2. The van der Waals surface area contributed by atoms with E-state index in [0.29, 0.717) is 17.5 Å². The van der Waals surface area contributed by atoms with E-state index in [1.807, 2.05) is 30.3 Å². The van der Waals surface area contributed by atoms with Crippen LogP contribution in [-0.4, -0.2) is 19.5 Å². The van der Waals surface area contributed by atoms with E-state index in [1.165, 1.54) is 60.2 Å². The van der Waals surface area contributed by atoms with Gasteiger partial charge in [0.15, 0.2) is 17.5 Å². The van der Waals surface area contributed by atoms with Gasteiger partial charge in [0.05, 0.1) is 11.0 Å². The maximum Gasteiger partial charge on any atom is 0.164 e. The van der Waals surface area contributed by atoms with E-state index in [9.17, 15) is 0 Å². The van der Waals surface area contributed by atoms with Crippen LogP contribution in [0.3, 0.4) is 0 Å². The van der Waals surface area contributed by atoms with E-state index >= 15 is 0 Å². The van der Waals surface area contributed by atoms with Crippen molar-refractivity contribution in [3.63, 3.8) is 0 Å². The van der Waals surface area contributed by atoms with Crippen LogP contribution in [0.25, 0.3) is 105 Å². The Labute approximate surface area is 294 Å². The SMILES string of the molecule is c1ccc(-c2nc(-c3ccc(-n4c5cccc6c5c5c7c(cccc7ccc54)-c4ccccc4-6)cc3)nc(-c3ccc4ccccc4c3)n2)cc1. The molecular weight excluding hydrogens is 621 g/mol. The fraction of sp³-hybridized carbons (Fsp3) is 0. The van der Waals surface area contributed by atoms with Crippen LogP contribution >= 0.6 is 0 Å². The summed E-state index contributed by atoms with van der Waals surface area (Å²) >= 11 is 0. The van der Waals surface area contributed by atoms with Gasteiger partial charge in [0.25, 0.3) is 0 Å². The first-order chi connectivity index (χ1) is 25.3. The number of hydrogen-bond donors (Lipinski definition) is 0. The van der Waals surface area contributed by atoms with Gasteiger partial charge in [-0.05, 0) is 86.3 Å². The average molecular weight is 649 g/mol. The van der Waals surface area contributed by atoms with Crippen LogP contribution in [0.4, 0.5) is 0 Å². The fourth-order valence-electron chi connectivity index (χ4n) is 8.04. The first-order valence-electron chi connectivity index (χ1n) is 17.3. The second kappa shape index (κ2) is 10.8. The minimum absolute atomic E-state index is 0.643. The molecule has 51 heavy (non-hydrogen) atoms. The summed E-state index contributed by atoms with van der Waals surface area (Å²) in [4.78, 5) is 15.0. The largest absolute Gasteiger partial charge is 0.309 e. The highest BCUT2D eigenvalue weighted by molar-refractivity contribution is 6.30. The highest BCUT2D eigenvalue weighted by atomic mass is 15.0. The normalized spacial score (nSPS) is 11.9. The highest BCUT2D eigenvalue weighted by Crippen LogP contribution is 2.49. The molecule has 4 heteroatoms. The Bertz CT molecular complexity index is 3010. The number of hydrogen-bond acceptors (Lipinski definition) is 3. The van der Waals surface area contributed by atoms with Crippen molar-refractivity contribution in [3.05, 3.63) is 170 Å². The summed E-state index contributed by atoms with van der Waals surface area (Å²) in [5.74, 6) is 1.95. The Balaban J connectivity index is 1.10. The molecule has 236 valence electrons. The third kappa shape index (κ3) is 4.23. The molecule has 0 unspecified atom stereocenters. The van der Waals surface area contributed by atoms with Gasteiger partial charge in [-0.25, -0.2) is 15.0 Å². The lowest BCUT2D eigenvalue weighted by molar-refractivity contribution is 1.07. The van der Waals surface area contributed by atoms with Gasteiger partial charge in [-0.1, -0.05) is 127 Å². The molecule has 10 aromatic rings. The number of fused-ring (bicyclic) bond motifs is 4. The number of aromatic nitrogens is 4. The van der Waals surface area contributed by atoms with E-state index in [2.05, 4.69) is 144 Å². The summed E-state index contributed by atoms with van der Waals surface area (Å²) in [6, 6.07) is 60.3. The Morgan fingerprint density at radius 2 is 0.843 bits per heavy atom. The molecule has 0 spiro atoms. The number of rotatable bonds is 4. The standard InChI is InChI=1S/C47H28N4/c1-2-11-31(12-3-1)45-48-46(50-47(49-45)34-21-20-29-10-4-5-13-33(29)28-34)32-22-25-35(26-23-32)51-40-19-9-18-39-37-16-7-6-15-36(37)38-17-8-14-30-24-27-41(51)44(42(30)38)43(39)40/h1-28H. The van der Waals surface area contributed by atoms with Gasteiger partial charge in [-0.3, -0.25) is 0 Å². The molecule has 0 saturated carbocycles. The van der Waals surface area contributed by atoms with Crippen LogP contribution in [0.5, 0.6) is 0 Å². The molecule has 8 aromatic carbocycles. The van der Waals surface area contributed by atoms with Crippen molar-refractivity contribution in [2.24, 2.45) is 0 Å². The van der Waals surface area contributed by atoms with Crippen molar-refractivity contribution in [1.29, 1.82) is 0 Å². The van der Waals surface area contributed by atoms with E-state index in [-0.39, 0.29) is 0 Å². The number of benzene rings is 8. The minimum atomic E-state index is 0.643. The van der Waals surface area contributed by atoms with Gasteiger partial charge in [0, 0.05) is 33.2 Å². The smallest absolute Gasteiger partial charge is 0.164 e. The Kier molecular flexibility index (Phi) is 5.92. The first-order valence-corrected chi connectivity index (χ1v) is 17.3. The molecule has 0 saturated heterocycles. The molecule has 0 atom stereocenters. The molecule has 0 radical (unpaired) electrons. The minimum Gasteiger partial charge on any atom is -0.309 e. The summed E-state index contributed by atoms with van der Waals surface area (Å²) in [7, 11) is 0. The zero-order valence-corrected chi connectivity index (χ0v) is 27.5. The fourth-order valence-corrected chi connectivity index (χ4v) is 8.04. The van der Waals surface area contributed by atoms with Gasteiger partial charge in [-0.15, -0.1) is 0 Å². The summed E-state index contributed by atoms with van der Waals surface area (Å²) in [5, 5.41) is 7.51. The van der Waals surface area contributed by atoms with Crippen molar-refractivity contribution in [2.75, 3.05) is 0 Å². The topological polar surface area (TPSA) is 43.6 Å². The average Bonchev–Trinajstić information content (AvgIpc) is 3.49. The third-order valence-corrected chi connectivity index (χ3v) is 10.4. The molecule has 1 aliphatic carbocycles. The van der Waals surface area contributed by atoms with Crippen LogP contribution in [0.2, 0.25) is 0 Å². The predicted octanol–water partition coefficient (Wildman–Crippen LogP) is 11.9. The van der Waals surface area contributed by atoms with Crippen molar-refractivity contribution >= 4 is 43.4 Å².